The number of aliphatic hydroxyl groups is 1. The number of nitrogens with one attached hydrogen (secondary N) is 2. The molecule has 12 heteroatoms. The Morgan fingerprint density at radius 3 is 2.64 bits per heavy atom. The Hall–Kier alpha value is -4.50. The third-order valence-corrected chi connectivity index (χ3v) is 6.26. The summed E-state index contributed by atoms with van der Waals surface area (Å²) >= 11 is 0. The van der Waals surface area contributed by atoms with E-state index in [1.807, 2.05) is 17.0 Å². The van der Waals surface area contributed by atoms with Crippen LogP contribution in [0.25, 0.3) is 16.7 Å². The van der Waals surface area contributed by atoms with Crippen LogP contribution >= 0.6 is 0 Å². The number of aromatic amines is 1. The number of aromatic nitrogens is 5. The van der Waals surface area contributed by atoms with Crippen LogP contribution in [0.3, 0.4) is 0 Å². The average Bonchev–Trinajstić information content (AvgIpc) is 3.66. The first-order chi connectivity index (χ1) is 17.6. The topological polar surface area (TPSA) is 146 Å². The predicted molar refractivity (Wildman–Crippen MR) is 133 cm³/mol. The predicted octanol–water partition coefficient (Wildman–Crippen LogP) is 2.75. The minimum atomic E-state index is -0.0417. The van der Waals surface area contributed by atoms with Crippen LogP contribution in [0.2, 0.25) is 0 Å². The fraction of sp³-hybridized carbons (Fsp3) is 0.333. The normalized spacial score (nSPS) is 15.2. The molecule has 1 aliphatic rings. The van der Waals surface area contributed by atoms with E-state index in [2.05, 4.69) is 26.3 Å². The summed E-state index contributed by atoms with van der Waals surface area (Å²) in [6, 6.07) is 5.77. The van der Waals surface area contributed by atoms with Crippen molar-refractivity contribution in [2.75, 3.05) is 44.7 Å². The van der Waals surface area contributed by atoms with Crippen LogP contribution in [0.4, 0.5) is 17.6 Å². The zero-order valence-electron chi connectivity index (χ0n) is 20.1. The van der Waals surface area contributed by atoms with Crippen molar-refractivity contribution in [3.63, 3.8) is 0 Å². The highest BCUT2D eigenvalue weighted by Gasteiger charge is 2.28. The highest BCUT2D eigenvalue weighted by atomic mass is 16.5. The summed E-state index contributed by atoms with van der Waals surface area (Å²) in [5.41, 5.74) is 1.70. The molecule has 186 valence electrons. The number of nitrogens with zero attached hydrogens (tertiary/aromatic N) is 6. The van der Waals surface area contributed by atoms with Crippen molar-refractivity contribution in [2.45, 2.75) is 18.9 Å². The van der Waals surface area contributed by atoms with E-state index < -0.39 is 0 Å². The molecule has 1 aliphatic heterocycles. The number of anilines is 3. The monoisotopic (exact) mass is 490 g/mol. The number of rotatable bonds is 8. The minimum absolute atomic E-state index is 0.0253. The number of methoxy groups -OCH3 is 3. The third-order valence-electron chi connectivity index (χ3n) is 6.26. The Balaban J connectivity index is 1.53. The maximum absolute atomic E-state index is 9.77. The number of nitriles is 1. The summed E-state index contributed by atoms with van der Waals surface area (Å²) < 4.78 is 18.1. The van der Waals surface area contributed by atoms with E-state index >= 15 is 0 Å². The Morgan fingerprint density at radius 1 is 1.19 bits per heavy atom. The molecule has 3 N–H and O–H groups in total. The number of fused-ring (bicyclic) bond motifs is 1. The highest BCUT2D eigenvalue weighted by Crippen LogP contribution is 2.39. The Labute approximate surface area is 207 Å². The van der Waals surface area contributed by atoms with Crippen LogP contribution < -0.4 is 24.4 Å². The fourth-order valence-corrected chi connectivity index (χ4v) is 4.48. The van der Waals surface area contributed by atoms with E-state index in [9.17, 15) is 10.4 Å². The number of benzene rings is 1. The molecule has 0 aliphatic carbocycles. The molecule has 4 aromatic rings. The summed E-state index contributed by atoms with van der Waals surface area (Å²) in [4.78, 5) is 18.9. The van der Waals surface area contributed by atoms with Gasteiger partial charge in [0.15, 0.2) is 11.5 Å². The maximum atomic E-state index is 9.77. The summed E-state index contributed by atoms with van der Waals surface area (Å²) in [6.45, 7) is 0.773. The molecular weight excluding hydrogens is 464 g/mol. The van der Waals surface area contributed by atoms with Crippen LogP contribution in [0, 0.1) is 11.3 Å². The summed E-state index contributed by atoms with van der Waals surface area (Å²) in [7, 11) is 4.67. The molecule has 0 saturated carbocycles. The van der Waals surface area contributed by atoms with E-state index in [1.54, 1.807) is 44.6 Å². The van der Waals surface area contributed by atoms with E-state index in [0.29, 0.717) is 51.4 Å². The van der Waals surface area contributed by atoms with E-state index in [4.69, 9.17) is 19.2 Å². The number of hydrogen-bond acceptors (Lipinski definition) is 10. The van der Waals surface area contributed by atoms with Gasteiger partial charge >= 0.3 is 0 Å². The van der Waals surface area contributed by atoms with Crippen molar-refractivity contribution in [3.05, 3.63) is 36.4 Å². The quantitative estimate of drug-likeness (QED) is 0.337. The molecule has 4 heterocycles. The molecule has 0 spiro atoms. The molecule has 1 fully saturated rings. The second-order valence-corrected chi connectivity index (χ2v) is 8.26. The number of hydrogen-bond donors (Lipinski definition) is 3. The zero-order chi connectivity index (χ0) is 25.2. The molecule has 0 bridgehead atoms. The molecule has 0 radical (unpaired) electrons. The molecule has 1 saturated heterocycles. The number of ether oxygens (including phenoxy) is 3. The largest absolute Gasteiger partial charge is 0.493 e. The third kappa shape index (κ3) is 3.99. The van der Waals surface area contributed by atoms with Gasteiger partial charge < -0.3 is 39.1 Å². The van der Waals surface area contributed by atoms with Crippen molar-refractivity contribution in [2.24, 2.45) is 0 Å². The molecule has 3 aromatic heterocycles. The van der Waals surface area contributed by atoms with Crippen LogP contribution in [0.5, 0.6) is 17.2 Å². The lowest BCUT2D eigenvalue weighted by Crippen LogP contribution is -2.33. The van der Waals surface area contributed by atoms with Crippen molar-refractivity contribution in [1.82, 2.24) is 24.5 Å². The SMILES string of the molecule is COc1cc(-n2cnc(Nc3nc(N4CCC[C@H]4CO)nc4[nH]cc(C#N)c34)c2)cc(OC)c1OC. The van der Waals surface area contributed by atoms with Gasteiger partial charge in [0.25, 0.3) is 0 Å². The van der Waals surface area contributed by atoms with Crippen LogP contribution in [0.15, 0.2) is 30.9 Å². The summed E-state index contributed by atoms with van der Waals surface area (Å²) in [5, 5.41) is 23.2. The van der Waals surface area contributed by atoms with Gasteiger partial charge in [-0.1, -0.05) is 0 Å². The lowest BCUT2D eigenvalue weighted by molar-refractivity contribution is 0.265. The number of H-pyrrole nitrogens is 1. The second-order valence-electron chi connectivity index (χ2n) is 8.26. The Morgan fingerprint density at radius 2 is 1.97 bits per heavy atom. The van der Waals surface area contributed by atoms with Gasteiger partial charge in [0, 0.05) is 24.9 Å². The van der Waals surface area contributed by atoms with Crippen molar-refractivity contribution < 1.29 is 19.3 Å². The van der Waals surface area contributed by atoms with Crippen LogP contribution in [-0.4, -0.2) is 70.1 Å². The van der Waals surface area contributed by atoms with Gasteiger partial charge in [-0.25, -0.2) is 4.98 Å². The second kappa shape index (κ2) is 9.63. The number of imidazole rings is 1. The molecule has 1 aromatic carbocycles. The Bertz CT molecular complexity index is 1410. The minimum Gasteiger partial charge on any atom is -0.493 e. The fourth-order valence-electron chi connectivity index (χ4n) is 4.48. The first kappa shape index (κ1) is 23.3. The van der Waals surface area contributed by atoms with Crippen LogP contribution in [0.1, 0.15) is 18.4 Å². The van der Waals surface area contributed by atoms with Gasteiger partial charge in [-0.05, 0) is 12.8 Å². The summed E-state index contributed by atoms with van der Waals surface area (Å²) in [5.74, 6) is 2.99. The maximum Gasteiger partial charge on any atom is 0.229 e. The van der Waals surface area contributed by atoms with Gasteiger partial charge in [-0.3, -0.25) is 0 Å². The smallest absolute Gasteiger partial charge is 0.229 e. The molecule has 1 atom stereocenters. The lowest BCUT2D eigenvalue weighted by atomic mass is 10.2. The van der Waals surface area contributed by atoms with Gasteiger partial charge in [0.2, 0.25) is 11.7 Å². The van der Waals surface area contributed by atoms with E-state index in [0.717, 1.165) is 25.1 Å². The molecule has 0 unspecified atom stereocenters. The van der Waals surface area contributed by atoms with Crippen molar-refractivity contribution in [3.8, 4) is 29.0 Å². The van der Waals surface area contributed by atoms with Crippen molar-refractivity contribution in [1.29, 1.82) is 5.26 Å². The van der Waals surface area contributed by atoms with Gasteiger partial charge in [0.1, 0.15) is 29.7 Å². The van der Waals surface area contributed by atoms with E-state index in [1.165, 1.54) is 0 Å². The van der Waals surface area contributed by atoms with E-state index in [-0.39, 0.29) is 12.6 Å². The zero-order valence-corrected chi connectivity index (χ0v) is 20.1. The molecular formula is C24H26N8O4. The first-order valence-corrected chi connectivity index (χ1v) is 11.4. The van der Waals surface area contributed by atoms with Crippen molar-refractivity contribution >= 4 is 28.6 Å². The standard InChI is InChI=1S/C24H26N8O4/c1-34-17-7-16(8-18(35-2)21(17)36-3)31-11-19(27-13-31)28-23-20-14(9-25)10-26-22(20)29-24(30-23)32-6-4-5-15(32)12-33/h7-8,10-11,13,15,33H,4-6,12H2,1-3H3,(H2,26,28,29,30)/t15-/m0/s1. The van der Waals surface area contributed by atoms with Gasteiger partial charge in [-0.15, -0.1) is 0 Å². The first-order valence-electron chi connectivity index (χ1n) is 11.4. The van der Waals surface area contributed by atoms with Crippen LogP contribution in [-0.2, 0) is 0 Å². The summed E-state index contributed by atoms with van der Waals surface area (Å²) in [6.07, 6.45) is 6.86. The highest BCUT2D eigenvalue weighted by molar-refractivity contribution is 5.94. The average molecular weight is 491 g/mol. The molecule has 5 rings (SSSR count). The molecule has 36 heavy (non-hydrogen) atoms. The van der Waals surface area contributed by atoms with Gasteiger partial charge in [-0.2, -0.15) is 15.2 Å². The lowest BCUT2D eigenvalue weighted by Gasteiger charge is -2.23. The molecule has 0 amide bonds. The number of aliphatic hydroxyl groups excluding tert-OH is 1. The Kier molecular flexibility index (Phi) is 6.22. The molecule has 12 nitrogen and oxygen atoms in total. The van der Waals surface area contributed by atoms with Gasteiger partial charge in [0.05, 0.1) is 56.8 Å².